The number of carbonyl (C=O) groups excluding carboxylic acids is 1. The maximum Gasteiger partial charge on any atom is 0.306 e. The average Bonchev–Trinajstić information content (AvgIpc) is 2.26. The molecule has 1 amide bonds. The third-order valence-corrected chi connectivity index (χ3v) is 3.90. The van der Waals surface area contributed by atoms with Crippen molar-refractivity contribution in [2.24, 2.45) is 17.8 Å². The fourth-order valence-corrected chi connectivity index (χ4v) is 2.27. The Morgan fingerprint density at radius 1 is 1.29 bits per heavy atom. The topological polar surface area (TPSA) is 57.6 Å². The zero-order valence-corrected chi connectivity index (χ0v) is 11.1. The van der Waals surface area contributed by atoms with Crippen LogP contribution in [0.2, 0.25) is 0 Å². The maximum atomic E-state index is 12.2. The summed E-state index contributed by atoms with van der Waals surface area (Å²) >= 11 is 0. The van der Waals surface area contributed by atoms with E-state index in [-0.39, 0.29) is 23.8 Å². The molecule has 0 saturated carbocycles. The molecule has 1 aliphatic heterocycles. The van der Waals surface area contributed by atoms with Crippen molar-refractivity contribution in [2.75, 3.05) is 6.54 Å². The van der Waals surface area contributed by atoms with Crippen LogP contribution in [0.15, 0.2) is 0 Å². The molecule has 4 heteroatoms. The predicted molar refractivity (Wildman–Crippen MR) is 65.5 cm³/mol. The highest BCUT2D eigenvalue weighted by atomic mass is 16.4. The molecule has 4 nitrogen and oxygen atoms in total. The quantitative estimate of drug-likeness (QED) is 0.822. The minimum Gasteiger partial charge on any atom is -0.481 e. The summed E-state index contributed by atoms with van der Waals surface area (Å²) in [6.45, 7) is 8.55. The Kier molecular flexibility index (Phi) is 4.54. The summed E-state index contributed by atoms with van der Waals surface area (Å²) in [7, 11) is 0. The SMILES string of the molecule is CC(C)C(C)C(=O)N1CCC(C(=O)O)CC1C. The van der Waals surface area contributed by atoms with Crippen LogP contribution >= 0.6 is 0 Å². The van der Waals surface area contributed by atoms with Crippen LogP contribution in [0.25, 0.3) is 0 Å². The molecule has 0 aromatic heterocycles. The van der Waals surface area contributed by atoms with Crippen molar-refractivity contribution in [3.8, 4) is 0 Å². The van der Waals surface area contributed by atoms with Gasteiger partial charge in [-0.25, -0.2) is 0 Å². The van der Waals surface area contributed by atoms with E-state index in [0.29, 0.717) is 25.3 Å². The van der Waals surface area contributed by atoms with Crippen molar-refractivity contribution in [1.82, 2.24) is 4.90 Å². The van der Waals surface area contributed by atoms with Gasteiger partial charge >= 0.3 is 5.97 Å². The molecule has 3 unspecified atom stereocenters. The van der Waals surface area contributed by atoms with Crippen LogP contribution in [-0.2, 0) is 9.59 Å². The van der Waals surface area contributed by atoms with E-state index in [4.69, 9.17) is 5.11 Å². The standard InChI is InChI=1S/C13H23NO3/c1-8(2)10(4)12(15)14-6-5-11(13(16)17)7-9(14)3/h8-11H,5-7H2,1-4H3,(H,16,17). The second-order valence-corrected chi connectivity index (χ2v) is 5.47. The molecule has 0 aliphatic carbocycles. The minimum atomic E-state index is -0.735. The molecular formula is C13H23NO3. The molecule has 1 N–H and O–H groups in total. The first kappa shape index (κ1) is 14.0. The maximum absolute atomic E-state index is 12.2. The van der Waals surface area contributed by atoms with E-state index in [0.717, 1.165) is 0 Å². The van der Waals surface area contributed by atoms with Gasteiger partial charge in [-0.05, 0) is 25.7 Å². The molecule has 1 aliphatic rings. The molecular weight excluding hydrogens is 218 g/mol. The number of likely N-dealkylation sites (tertiary alicyclic amines) is 1. The largest absolute Gasteiger partial charge is 0.481 e. The Bertz CT molecular complexity index is 301. The third kappa shape index (κ3) is 3.20. The number of carbonyl (C=O) groups is 2. The number of carboxylic acids is 1. The summed E-state index contributed by atoms with van der Waals surface area (Å²) in [6, 6.07) is 0.0403. The number of hydrogen-bond acceptors (Lipinski definition) is 2. The van der Waals surface area contributed by atoms with Gasteiger partial charge in [0.15, 0.2) is 0 Å². The molecule has 1 rings (SSSR count). The van der Waals surface area contributed by atoms with Gasteiger partial charge in [-0.3, -0.25) is 9.59 Å². The van der Waals surface area contributed by atoms with Gasteiger partial charge < -0.3 is 10.0 Å². The normalized spacial score (nSPS) is 27.0. The Morgan fingerprint density at radius 2 is 1.88 bits per heavy atom. The Balaban J connectivity index is 2.63. The molecule has 0 aromatic carbocycles. The van der Waals surface area contributed by atoms with Gasteiger partial charge in [0.25, 0.3) is 0 Å². The molecule has 1 fully saturated rings. The van der Waals surface area contributed by atoms with E-state index in [1.54, 1.807) is 0 Å². The highest BCUT2D eigenvalue weighted by Gasteiger charge is 2.34. The van der Waals surface area contributed by atoms with E-state index < -0.39 is 5.97 Å². The van der Waals surface area contributed by atoms with Gasteiger partial charge in [0.1, 0.15) is 0 Å². The van der Waals surface area contributed by atoms with Crippen LogP contribution in [0.3, 0.4) is 0 Å². The lowest BCUT2D eigenvalue weighted by Gasteiger charge is -2.38. The van der Waals surface area contributed by atoms with Crippen LogP contribution in [0.1, 0.15) is 40.5 Å². The summed E-state index contributed by atoms with van der Waals surface area (Å²) < 4.78 is 0. The van der Waals surface area contributed by atoms with Gasteiger partial charge in [0.05, 0.1) is 5.92 Å². The highest BCUT2D eigenvalue weighted by molar-refractivity contribution is 5.79. The monoisotopic (exact) mass is 241 g/mol. The zero-order chi connectivity index (χ0) is 13.2. The number of piperidine rings is 1. The van der Waals surface area contributed by atoms with Gasteiger partial charge in [0, 0.05) is 18.5 Å². The number of hydrogen-bond donors (Lipinski definition) is 1. The minimum absolute atomic E-state index is 0.0128. The lowest BCUT2D eigenvalue weighted by molar-refractivity contribution is -0.149. The number of rotatable bonds is 3. The first-order valence-electron chi connectivity index (χ1n) is 6.37. The van der Waals surface area contributed by atoms with Crippen LogP contribution in [-0.4, -0.2) is 34.5 Å². The van der Waals surface area contributed by atoms with Crippen molar-refractivity contribution in [3.05, 3.63) is 0 Å². The Hall–Kier alpha value is -1.06. The van der Waals surface area contributed by atoms with E-state index in [9.17, 15) is 9.59 Å². The fourth-order valence-electron chi connectivity index (χ4n) is 2.27. The van der Waals surface area contributed by atoms with Crippen molar-refractivity contribution < 1.29 is 14.7 Å². The van der Waals surface area contributed by atoms with Gasteiger partial charge in [0.2, 0.25) is 5.91 Å². The predicted octanol–water partition coefficient (Wildman–Crippen LogP) is 1.99. The van der Waals surface area contributed by atoms with Crippen molar-refractivity contribution in [2.45, 2.75) is 46.6 Å². The number of nitrogens with zero attached hydrogens (tertiary/aromatic N) is 1. The lowest BCUT2D eigenvalue weighted by atomic mass is 9.89. The summed E-state index contributed by atoms with van der Waals surface area (Å²) in [6.07, 6.45) is 1.15. The molecule has 1 heterocycles. The molecule has 98 valence electrons. The second kappa shape index (κ2) is 5.52. The third-order valence-electron chi connectivity index (χ3n) is 3.90. The van der Waals surface area contributed by atoms with Crippen LogP contribution in [0, 0.1) is 17.8 Å². The molecule has 17 heavy (non-hydrogen) atoms. The fraction of sp³-hybridized carbons (Fsp3) is 0.846. The first-order valence-corrected chi connectivity index (χ1v) is 6.37. The smallest absolute Gasteiger partial charge is 0.306 e. The molecule has 0 radical (unpaired) electrons. The van der Waals surface area contributed by atoms with Crippen molar-refractivity contribution in [3.63, 3.8) is 0 Å². The van der Waals surface area contributed by atoms with Gasteiger partial charge in [-0.2, -0.15) is 0 Å². The first-order chi connectivity index (χ1) is 7.84. The van der Waals surface area contributed by atoms with Crippen LogP contribution < -0.4 is 0 Å². The average molecular weight is 241 g/mol. The van der Waals surface area contributed by atoms with Crippen molar-refractivity contribution >= 4 is 11.9 Å². The van der Waals surface area contributed by atoms with E-state index in [1.807, 2.05) is 32.6 Å². The summed E-state index contributed by atoms with van der Waals surface area (Å²) in [4.78, 5) is 25.0. The van der Waals surface area contributed by atoms with Crippen molar-refractivity contribution in [1.29, 1.82) is 0 Å². The van der Waals surface area contributed by atoms with E-state index in [1.165, 1.54) is 0 Å². The second-order valence-electron chi connectivity index (χ2n) is 5.47. The lowest BCUT2D eigenvalue weighted by Crippen LogP contribution is -2.48. The molecule has 0 bridgehead atoms. The molecule has 0 spiro atoms. The molecule has 0 aromatic rings. The van der Waals surface area contributed by atoms with Gasteiger partial charge in [-0.1, -0.05) is 20.8 Å². The highest BCUT2D eigenvalue weighted by Crippen LogP contribution is 2.25. The van der Waals surface area contributed by atoms with Gasteiger partial charge in [-0.15, -0.1) is 0 Å². The van der Waals surface area contributed by atoms with Crippen LogP contribution in [0.4, 0.5) is 0 Å². The summed E-state index contributed by atoms with van der Waals surface area (Å²) in [5, 5.41) is 8.97. The summed E-state index contributed by atoms with van der Waals surface area (Å²) in [5.74, 6) is -0.522. The summed E-state index contributed by atoms with van der Waals surface area (Å²) in [5.41, 5.74) is 0. The zero-order valence-electron chi connectivity index (χ0n) is 11.1. The molecule has 3 atom stereocenters. The van der Waals surface area contributed by atoms with E-state index >= 15 is 0 Å². The van der Waals surface area contributed by atoms with Crippen LogP contribution in [0.5, 0.6) is 0 Å². The number of amides is 1. The number of aliphatic carboxylic acids is 1. The Morgan fingerprint density at radius 3 is 2.29 bits per heavy atom. The Labute approximate surface area is 103 Å². The van der Waals surface area contributed by atoms with E-state index in [2.05, 4.69) is 0 Å². The molecule has 1 saturated heterocycles. The number of carboxylic acid groups (broad SMARTS) is 1.